The van der Waals surface area contributed by atoms with Crippen LogP contribution in [0.2, 0.25) is 0 Å². The summed E-state index contributed by atoms with van der Waals surface area (Å²) in [6, 6.07) is 3.37. The van der Waals surface area contributed by atoms with Crippen molar-refractivity contribution in [2.24, 2.45) is 11.7 Å². The highest BCUT2D eigenvalue weighted by molar-refractivity contribution is 7.16. The molecule has 1 heterocycles. The summed E-state index contributed by atoms with van der Waals surface area (Å²) in [4.78, 5) is 11.2. The summed E-state index contributed by atoms with van der Waals surface area (Å²) < 4.78 is 0. The van der Waals surface area contributed by atoms with Gasteiger partial charge >= 0.3 is 5.00 Å². The Morgan fingerprint density at radius 1 is 1.44 bits per heavy atom. The monoisotopic (exact) mass is 266 g/mol. The number of hydrogen-bond acceptors (Lipinski definition) is 4. The number of nitro groups is 1. The fraction of sp³-hybridized carbons (Fsp3) is 0.538. The molecule has 4 nitrogen and oxygen atoms in total. The van der Waals surface area contributed by atoms with E-state index in [9.17, 15) is 10.1 Å². The molecule has 0 bridgehead atoms. The zero-order valence-corrected chi connectivity index (χ0v) is 11.1. The molecule has 1 saturated carbocycles. The molecule has 0 spiro atoms. The van der Waals surface area contributed by atoms with Crippen LogP contribution in [0.15, 0.2) is 17.7 Å². The molecule has 1 aromatic heterocycles. The normalized spacial score (nSPS) is 17.9. The summed E-state index contributed by atoms with van der Waals surface area (Å²) in [5.74, 6) is 0.574. The first-order chi connectivity index (χ1) is 8.70. The van der Waals surface area contributed by atoms with E-state index in [1.807, 2.05) is 6.08 Å². The van der Waals surface area contributed by atoms with E-state index in [0.29, 0.717) is 12.5 Å². The van der Waals surface area contributed by atoms with Crippen LogP contribution >= 0.6 is 11.3 Å². The fourth-order valence-electron chi connectivity index (χ4n) is 2.52. The molecule has 0 aromatic carbocycles. The van der Waals surface area contributed by atoms with Crippen molar-refractivity contribution in [3.8, 4) is 0 Å². The summed E-state index contributed by atoms with van der Waals surface area (Å²) in [6.45, 7) is 0.552. The highest BCUT2D eigenvalue weighted by Gasteiger charge is 2.17. The molecule has 5 heteroatoms. The predicted octanol–water partition coefficient (Wildman–Crippen LogP) is 3.58. The maximum Gasteiger partial charge on any atom is 0.324 e. The van der Waals surface area contributed by atoms with Gasteiger partial charge in [0.15, 0.2) is 0 Å². The summed E-state index contributed by atoms with van der Waals surface area (Å²) in [6.07, 6.45) is 8.32. The number of hydrogen-bond donors (Lipinski definition) is 1. The Bertz CT molecular complexity index is 448. The highest BCUT2D eigenvalue weighted by Crippen LogP contribution is 2.32. The van der Waals surface area contributed by atoms with Crippen LogP contribution in [0, 0.1) is 16.0 Å². The van der Waals surface area contributed by atoms with E-state index >= 15 is 0 Å². The van der Waals surface area contributed by atoms with Crippen LogP contribution in [-0.2, 0) is 0 Å². The van der Waals surface area contributed by atoms with Crippen LogP contribution in [0.1, 0.15) is 37.0 Å². The van der Waals surface area contributed by atoms with Crippen molar-refractivity contribution in [1.82, 2.24) is 0 Å². The van der Waals surface area contributed by atoms with Gasteiger partial charge in [-0.25, -0.2) is 0 Å². The Kier molecular flexibility index (Phi) is 4.49. The van der Waals surface area contributed by atoms with Crippen molar-refractivity contribution in [2.45, 2.75) is 32.1 Å². The lowest BCUT2D eigenvalue weighted by atomic mass is 9.83. The molecular weight excluding hydrogens is 248 g/mol. The molecule has 2 rings (SSSR count). The standard InChI is InChI=1S/C13H18N2O2S/c14-9-11(10-4-2-1-3-5-10)8-12-6-7-13(18-12)15(16)17/h6-8,10H,1-5,9,14H2/b11-8-. The fourth-order valence-corrected chi connectivity index (χ4v) is 3.32. The minimum atomic E-state index is -0.343. The summed E-state index contributed by atoms with van der Waals surface area (Å²) in [5, 5.41) is 10.8. The van der Waals surface area contributed by atoms with Gasteiger partial charge in [-0.2, -0.15) is 0 Å². The molecule has 2 N–H and O–H groups in total. The van der Waals surface area contributed by atoms with Crippen LogP contribution in [0.3, 0.4) is 0 Å². The van der Waals surface area contributed by atoms with Crippen molar-refractivity contribution >= 4 is 22.4 Å². The molecule has 18 heavy (non-hydrogen) atoms. The molecular formula is C13H18N2O2S. The largest absolute Gasteiger partial charge is 0.327 e. The molecule has 1 aromatic rings. The zero-order chi connectivity index (χ0) is 13.0. The summed E-state index contributed by atoms with van der Waals surface area (Å²) in [7, 11) is 0. The third kappa shape index (κ3) is 3.17. The van der Waals surface area contributed by atoms with Crippen LogP contribution < -0.4 is 5.73 Å². The Hall–Kier alpha value is -1.20. The van der Waals surface area contributed by atoms with Gasteiger partial charge in [0.25, 0.3) is 0 Å². The Morgan fingerprint density at radius 2 is 2.17 bits per heavy atom. The molecule has 1 aliphatic carbocycles. The molecule has 0 unspecified atom stereocenters. The first-order valence-corrected chi connectivity index (χ1v) is 7.17. The molecule has 0 aliphatic heterocycles. The maximum absolute atomic E-state index is 10.6. The zero-order valence-electron chi connectivity index (χ0n) is 10.3. The van der Waals surface area contributed by atoms with E-state index in [1.165, 1.54) is 49.0 Å². The number of nitrogens with two attached hydrogens (primary N) is 1. The summed E-state index contributed by atoms with van der Waals surface area (Å²) in [5.41, 5.74) is 7.06. The quantitative estimate of drug-likeness (QED) is 0.669. The average molecular weight is 266 g/mol. The van der Waals surface area contributed by atoms with E-state index in [0.717, 1.165) is 4.88 Å². The number of nitrogens with zero attached hydrogens (tertiary/aromatic N) is 1. The van der Waals surface area contributed by atoms with Crippen molar-refractivity contribution in [2.75, 3.05) is 6.54 Å². The van der Waals surface area contributed by atoms with Crippen molar-refractivity contribution in [3.63, 3.8) is 0 Å². The lowest BCUT2D eigenvalue weighted by Crippen LogP contribution is -2.15. The Balaban J connectivity index is 2.14. The van der Waals surface area contributed by atoms with Gasteiger partial charge in [0, 0.05) is 17.5 Å². The van der Waals surface area contributed by atoms with Crippen molar-refractivity contribution in [3.05, 3.63) is 32.7 Å². The van der Waals surface area contributed by atoms with Crippen molar-refractivity contribution in [1.29, 1.82) is 0 Å². The first kappa shape index (κ1) is 13.2. The smallest absolute Gasteiger partial charge is 0.324 e. The molecule has 0 atom stereocenters. The topological polar surface area (TPSA) is 69.2 Å². The van der Waals surface area contributed by atoms with Gasteiger partial charge in [0.1, 0.15) is 0 Å². The third-order valence-corrected chi connectivity index (χ3v) is 4.47. The second kappa shape index (κ2) is 6.11. The maximum atomic E-state index is 10.6. The second-order valence-electron chi connectivity index (χ2n) is 4.69. The second-order valence-corrected chi connectivity index (χ2v) is 5.79. The van der Waals surface area contributed by atoms with Gasteiger partial charge < -0.3 is 5.73 Å². The van der Waals surface area contributed by atoms with E-state index in [2.05, 4.69) is 0 Å². The minimum Gasteiger partial charge on any atom is -0.327 e. The minimum absolute atomic E-state index is 0.196. The van der Waals surface area contributed by atoms with Gasteiger partial charge in [-0.15, -0.1) is 0 Å². The Morgan fingerprint density at radius 3 is 2.72 bits per heavy atom. The van der Waals surface area contributed by atoms with E-state index in [-0.39, 0.29) is 9.92 Å². The predicted molar refractivity (Wildman–Crippen MR) is 74.6 cm³/mol. The van der Waals surface area contributed by atoms with Gasteiger partial charge in [0.05, 0.1) is 4.92 Å². The first-order valence-electron chi connectivity index (χ1n) is 6.35. The van der Waals surface area contributed by atoms with Crippen LogP contribution in [-0.4, -0.2) is 11.5 Å². The number of rotatable bonds is 4. The van der Waals surface area contributed by atoms with Crippen molar-refractivity contribution < 1.29 is 4.92 Å². The molecule has 0 radical (unpaired) electrons. The van der Waals surface area contributed by atoms with Gasteiger partial charge in [0.2, 0.25) is 0 Å². The SMILES string of the molecule is NC/C(=C/c1ccc([N+](=O)[O-])s1)C1CCCCC1. The molecule has 1 fully saturated rings. The van der Waals surface area contributed by atoms with Gasteiger partial charge in [-0.05, 0) is 30.9 Å². The average Bonchev–Trinajstić information content (AvgIpc) is 2.86. The molecule has 1 aliphatic rings. The van der Waals surface area contributed by atoms with E-state index in [1.54, 1.807) is 12.1 Å². The lowest BCUT2D eigenvalue weighted by Gasteiger charge is -2.23. The highest BCUT2D eigenvalue weighted by atomic mass is 32.1. The molecule has 0 saturated heterocycles. The van der Waals surface area contributed by atoms with Crippen LogP contribution in [0.5, 0.6) is 0 Å². The lowest BCUT2D eigenvalue weighted by molar-refractivity contribution is -0.380. The molecule has 98 valence electrons. The third-order valence-electron chi connectivity index (χ3n) is 3.49. The molecule has 0 amide bonds. The summed E-state index contributed by atoms with van der Waals surface area (Å²) >= 11 is 1.22. The number of thiophene rings is 1. The van der Waals surface area contributed by atoms with Crippen LogP contribution in [0.25, 0.3) is 6.08 Å². The van der Waals surface area contributed by atoms with Crippen LogP contribution in [0.4, 0.5) is 5.00 Å². The van der Waals surface area contributed by atoms with Gasteiger partial charge in [-0.1, -0.05) is 36.2 Å². The van der Waals surface area contributed by atoms with Gasteiger partial charge in [-0.3, -0.25) is 10.1 Å². The van der Waals surface area contributed by atoms with E-state index < -0.39 is 0 Å². The van der Waals surface area contributed by atoms with E-state index in [4.69, 9.17) is 5.73 Å². The Labute approximate surface area is 111 Å².